The summed E-state index contributed by atoms with van der Waals surface area (Å²) in [5.74, 6) is -0.634. The van der Waals surface area contributed by atoms with E-state index in [0.717, 1.165) is 0 Å². The van der Waals surface area contributed by atoms with Crippen LogP contribution in [-0.2, 0) is 6.18 Å². The number of aromatic nitrogens is 1. The summed E-state index contributed by atoms with van der Waals surface area (Å²) in [6.07, 6.45) is -4.56. The highest BCUT2D eigenvalue weighted by atomic mass is 32.1. The van der Waals surface area contributed by atoms with Crippen molar-refractivity contribution in [3.8, 4) is 10.4 Å². The third-order valence-electron chi connectivity index (χ3n) is 2.35. The van der Waals surface area contributed by atoms with Gasteiger partial charge in [0.15, 0.2) is 5.01 Å². The number of thiazole rings is 1. The van der Waals surface area contributed by atoms with E-state index in [2.05, 4.69) is 10.3 Å². The number of halogens is 3. The summed E-state index contributed by atoms with van der Waals surface area (Å²) in [5.41, 5.74) is 0.333. The predicted octanol–water partition coefficient (Wildman–Crippen LogP) is 3.19. The van der Waals surface area contributed by atoms with E-state index in [1.54, 1.807) is 30.3 Å². The molecule has 7 heteroatoms. The molecule has 0 saturated heterocycles. The van der Waals surface area contributed by atoms with E-state index in [1.165, 1.54) is 7.05 Å². The lowest BCUT2D eigenvalue weighted by Gasteiger charge is -2.00. The molecular formula is C12H9F3N2OS. The zero-order chi connectivity index (χ0) is 14.0. The predicted molar refractivity (Wildman–Crippen MR) is 65.9 cm³/mol. The van der Waals surface area contributed by atoms with Crippen molar-refractivity contribution in [2.45, 2.75) is 6.18 Å². The van der Waals surface area contributed by atoms with Crippen molar-refractivity contribution < 1.29 is 18.0 Å². The number of carbonyl (C=O) groups is 1. The van der Waals surface area contributed by atoms with Crippen LogP contribution in [0.25, 0.3) is 10.4 Å². The zero-order valence-electron chi connectivity index (χ0n) is 9.78. The molecule has 1 N–H and O–H groups in total. The molecule has 0 saturated carbocycles. The largest absolute Gasteiger partial charge is 0.443 e. The van der Waals surface area contributed by atoms with Gasteiger partial charge in [0, 0.05) is 7.05 Å². The Morgan fingerprint density at radius 3 is 2.42 bits per heavy atom. The van der Waals surface area contributed by atoms with Gasteiger partial charge in [-0.05, 0) is 5.56 Å². The van der Waals surface area contributed by atoms with E-state index in [0.29, 0.717) is 16.9 Å². The van der Waals surface area contributed by atoms with Crippen LogP contribution >= 0.6 is 11.3 Å². The van der Waals surface area contributed by atoms with Gasteiger partial charge in [0.25, 0.3) is 5.91 Å². The second kappa shape index (κ2) is 5.00. The first-order chi connectivity index (χ1) is 8.93. The molecule has 0 aliphatic heterocycles. The molecule has 0 atom stereocenters. The molecule has 2 aromatic rings. The Kier molecular flexibility index (Phi) is 3.57. The third kappa shape index (κ3) is 2.76. The first-order valence-corrected chi connectivity index (χ1v) is 6.10. The molecule has 1 aromatic carbocycles. The molecule has 1 amide bonds. The Hall–Kier alpha value is -1.89. The maximum Gasteiger partial charge on any atom is 0.443 e. The minimum absolute atomic E-state index is 0.203. The molecule has 3 nitrogen and oxygen atoms in total. The number of rotatable bonds is 2. The molecule has 1 heterocycles. The summed E-state index contributed by atoms with van der Waals surface area (Å²) in [7, 11) is 1.35. The molecule has 0 spiro atoms. The van der Waals surface area contributed by atoms with Crippen LogP contribution in [0.1, 0.15) is 15.5 Å². The van der Waals surface area contributed by atoms with Crippen LogP contribution in [0.2, 0.25) is 0 Å². The van der Waals surface area contributed by atoms with Gasteiger partial charge in [-0.25, -0.2) is 4.98 Å². The highest BCUT2D eigenvalue weighted by molar-refractivity contribution is 7.15. The van der Waals surface area contributed by atoms with Crippen molar-refractivity contribution in [1.29, 1.82) is 0 Å². The van der Waals surface area contributed by atoms with E-state index in [4.69, 9.17) is 0 Å². The van der Waals surface area contributed by atoms with E-state index < -0.39 is 17.1 Å². The maximum absolute atomic E-state index is 12.7. The Balaban J connectivity index is 2.59. The smallest absolute Gasteiger partial charge is 0.354 e. The van der Waals surface area contributed by atoms with Gasteiger partial charge in [0.2, 0.25) is 0 Å². The SMILES string of the molecule is CNC(=O)c1nc(C(F)(F)F)sc1-c1ccccc1. The minimum atomic E-state index is -4.56. The minimum Gasteiger partial charge on any atom is -0.354 e. The van der Waals surface area contributed by atoms with Gasteiger partial charge >= 0.3 is 6.18 Å². The summed E-state index contributed by atoms with van der Waals surface area (Å²) in [6.45, 7) is 0. The van der Waals surface area contributed by atoms with Crippen molar-refractivity contribution in [2.24, 2.45) is 0 Å². The van der Waals surface area contributed by atoms with Gasteiger partial charge in [-0.1, -0.05) is 30.3 Å². The quantitative estimate of drug-likeness (QED) is 0.921. The summed E-state index contributed by atoms with van der Waals surface area (Å²) >= 11 is 0.466. The fraction of sp³-hybridized carbons (Fsp3) is 0.167. The monoisotopic (exact) mass is 286 g/mol. The van der Waals surface area contributed by atoms with Crippen LogP contribution < -0.4 is 5.32 Å². The van der Waals surface area contributed by atoms with Crippen LogP contribution in [0.15, 0.2) is 30.3 Å². The Labute approximate surface area is 111 Å². The van der Waals surface area contributed by atoms with E-state index in [9.17, 15) is 18.0 Å². The number of amides is 1. The number of carbonyl (C=O) groups excluding carboxylic acids is 1. The van der Waals surface area contributed by atoms with Gasteiger partial charge < -0.3 is 5.32 Å². The molecule has 1 aromatic heterocycles. The fourth-order valence-electron chi connectivity index (χ4n) is 1.50. The van der Waals surface area contributed by atoms with Crippen LogP contribution in [0.5, 0.6) is 0 Å². The molecule has 0 unspecified atom stereocenters. The van der Waals surface area contributed by atoms with Crippen LogP contribution in [0.3, 0.4) is 0 Å². The van der Waals surface area contributed by atoms with Gasteiger partial charge in [-0.3, -0.25) is 4.79 Å². The Morgan fingerprint density at radius 1 is 1.26 bits per heavy atom. The third-order valence-corrected chi connectivity index (χ3v) is 3.50. The second-order valence-electron chi connectivity index (χ2n) is 3.64. The molecule has 0 aliphatic carbocycles. The van der Waals surface area contributed by atoms with Crippen molar-refractivity contribution >= 4 is 17.2 Å². The summed E-state index contributed by atoms with van der Waals surface area (Å²) in [5, 5.41) is 1.27. The van der Waals surface area contributed by atoms with E-state index in [1.807, 2.05) is 0 Å². The Morgan fingerprint density at radius 2 is 1.89 bits per heavy atom. The molecule has 100 valence electrons. The normalized spacial score (nSPS) is 11.4. The molecule has 0 aliphatic rings. The molecular weight excluding hydrogens is 277 g/mol. The van der Waals surface area contributed by atoms with Crippen molar-refractivity contribution in [1.82, 2.24) is 10.3 Å². The van der Waals surface area contributed by atoms with Crippen LogP contribution in [-0.4, -0.2) is 17.9 Å². The number of nitrogens with one attached hydrogen (secondary N) is 1. The number of hydrogen-bond acceptors (Lipinski definition) is 3. The number of alkyl halides is 3. The lowest BCUT2D eigenvalue weighted by atomic mass is 10.1. The van der Waals surface area contributed by atoms with Crippen LogP contribution in [0, 0.1) is 0 Å². The molecule has 0 bridgehead atoms. The molecule has 19 heavy (non-hydrogen) atoms. The first kappa shape index (κ1) is 13.5. The van der Waals surface area contributed by atoms with Crippen LogP contribution in [0.4, 0.5) is 13.2 Å². The second-order valence-corrected chi connectivity index (χ2v) is 4.64. The van der Waals surface area contributed by atoms with Crippen molar-refractivity contribution in [3.05, 3.63) is 41.0 Å². The summed E-state index contributed by atoms with van der Waals surface area (Å²) in [4.78, 5) is 15.2. The molecule has 0 radical (unpaired) electrons. The lowest BCUT2D eigenvalue weighted by molar-refractivity contribution is -0.137. The Bertz CT molecular complexity index is 593. The standard InChI is InChI=1S/C12H9F3N2OS/c1-16-10(18)8-9(7-5-3-2-4-6-7)19-11(17-8)12(13,14)15/h2-6H,1H3,(H,16,18). The fourth-order valence-corrected chi connectivity index (χ4v) is 2.43. The first-order valence-electron chi connectivity index (χ1n) is 5.29. The van der Waals surface area contributed by atoms with E-state index >= 15 is 0 Å². The summed E-state index contributed by atoms with van der Waals surface area (Å²) < 4.78 is 38.0. The number of benzene rings is 1. The highest BCUT2D eigenvalue weighted by Gasteiger charge is 2.37. The average Bonchev–Trinajstić information content (AvgIpc) is 2.83. The topological polar surface area (TPSA) is 42.0 Å². The molecule has 0 fully saturated rings. The van der Waals surface area contributed by atoms with Gasteiger partial charge in [0.05, 0.1) is 4.88 Å². The maximum atomic E-state index is 12.7. The van der Waals surface area contributed by atoms with Crippen molar-refractivity contribution in [3.63, 3.8) is 0 Å². The molecule has 2 rings (SSSR count). The summed E-state index contributed by atoms with van der Waals surface area (Å²) in [6, 6.07) is 8.40. The number of hydrogen-bond donors (Lipinski definition) is 1. The number of nitrogens with zero attached hydrogens (tertiary/aromatic N) is 1. The average molecular weight is 286 g/mol. The van der Waals surface area contributed by atoms with Gasteiger partial charge in [-0.15, -0.1) is 11.3 Å². The van der Waals surface area contributed by atoms with Crippen molar-refractivity contribution in [2.75, 3.05) is 7.05 Å². The van der Waals surface area contributed by atoms with E-state index in [-0.39, 0.29) is 10.6 Å². The van der Waals surface area contributed by atoms with Gasteiger partial charge in [0.1, 0.15) is 5.69 Å². The highest BCUT2D eigenvalue weighted by Crippen LogP contribution is 2.38. The zero-order valence-corrected chi connectivity index (χ0v) is 10.6. The van der Waals surface area contributed by atoms with Gasteiger partial charge in [-0.2, -0.15) is 13.2 Å². The lowest BCUT2D eigenvalue weighted by Crippen LogP contribution is -2.19.